The van der Waals surface area contributed by atoms with Crippen molar-refractivity contribution in [2.24, 2.45) is 0 Å². The lowest BCUT2D eigenvalue weighted by Gasteiger charge is -2.23. The average molecular weight is 325 g/mol. The minimum Gasteiger partial charge on any atom is -0.303 e. The van der Waals surface area contributed by atoms with Crippen LogP contribution in [-0.2, 0) is 4.84 Å². The second kappa shape index (κ2) is 13.2. The van der Waals surface area contributed by atoms with Gasteiger partial charge in [-0.1, -0.05) is 51.4 Å². The summed E-state index contributed by atoms with van der Waals surface area (Å²) < 4.78 is 0. The predicted octanol–water partition coefficient (Wildman–Crippen LogP) is 5.01. The quantitative estimate of drug-likeness (QED) is 0.623. The number of hydroxylamine groups is 2. The summed E-state index contributed by atoms with van der Waals surface area (Å²) in [6, 6.07) is 0. The Morgan fingerprint density at radius 1 is 0.391 bits per heavy atom. The van der Waals surface area contributed by atoms with E-state index in [0.717, 1.165) is 19.7 Å². The summed E-state index contributed by atoms with van der Waals surface area (Å²) in [4.78, 5) is 8.84. The van der Waals surface area contributed by atoms with E-state index in [1.54, 1.807) is 0 Å². The number of nitrogens with zero attached hydrogens (tertiary/aromatic N) is 2. The lowest BCUT2D eigenvalue weighted by atomic mass is 10.1. The second-order valence-electron chi connectivity index (χ2n) is 7.55. The van der Waals surface area contributed by atoms with Gasteiger partial charge in [0.25, 0.3) is 0 Å². The molecule has 0 saturated carbocycles. The van der Waals surface area contributed by atoms with E-state index in [1.807, 2.05) is 0 Å². The summed E-state index contributed by atoms with van der Waals surface area (Å²) >= 11 is 0. The third-order valence-corrected chi connectivity index (χ3v) is 5.41. The van der Waals surface area contributed by atoms with Gasteiger partial charge in [0.15, 0.2) is 0 Å². The molecular weight excluding hydrogens is 284 g/mol. The van der Waals surface area contributed by atoms with Gasteiger partial charge in [-0.3, -0.25) is 4.84 Å². The lowest BCUT2D eigenvalue weighted by molar-refractivity contribution is -0.161. The minimum atomic E-state index is 0.937. The molecule has 0 aromatic rings. The van der Waals surface area contributed by atoms with Crippen LogP contribution in [0.3, 0.4) is 0 Å². The highest BCUT2D eigenvalue weighted by Gasteiger charge is 2.09. The Labute approximate surface area is 144 Å². The van der Waals surface area contributed by atoms with Gasteiger partial charge in [0.05, 0.1) is 6.61 Å². The van der Waals surface area contributed by atoms with E-state index in [-0.39, 0.29) is 0 Å². The zero-order valence-electron chi connectivity index (χ0n) is 15.4. The molecule has 0 aromatic heterocycles. The molecule has 0 aliphatic carbocycles. The largest absolute Gasteiger partial charge is 0.303 e. The normalized spacial score (nSPS) is 31.3. The maximum atomic E-state index is 6.08. The zero-order valence-corrected chi connectivity index (χ0v) is 15.4. The van der Waals surface area contributed by atoms with E-state index in [2.05, 4.69) is 9.96 Å². The molecule has 0 radical (unpaired) electrons. The third-order valence-electron chi connectivity index (χ3n) is 5.41. The molecule has 2 aliphatic heterocycles. The number of rotatable bonds is 0. The number of hydrogen-bond acceptors (Lipinski definition) is 3. The molecule has 2 heterocycles. The van der Waals surface area contributed by atoms with Gasteiger partial charge in [0, 0.05) is 13.1 Å². The highest BCUT2D eigenvalue weighted by atomic mass is 16.7. The zero-order chi connectivity index (χ0) is 16.0. The molecule has 2 rings (SSSR count). The molecule has 2 fully saturated rings. The molecule has 0 aromatic carbocycles. The molecule has 23 heavy (non-hydrogen) atoms. The van der Waals surface area contributed by atoms with Crippen LogP contribution < -0.4 is 0 Å². The Hall–Kier alpha value is -0.120. The summed E-state index contributed by atoms with van der Waals surface area (Å²) in [5.74, 6) is 0. The van der Waals surface area contributed by atoms with Crippen LogP contribution in [0.4, 0.5) is 0 Å². The van der Waals surface area contributed by atoms with Crippen LogP contribution in [0.15, 0.2) is 0 Å². The van der Waals surface area contributed by atoms with Crippen LogP contribution in [0.1, 0.15) is 89.9 Å². The standard InChI is InChI=1S/C20H40N2O/c1-2-6-12-18-22-19-13-8-11-17-21(15-9-4-1)16-10-5-3-7-14-20-23-22/h1-20H2. The Kier molecular flexibility index (Phi) is 11.0. The van der Waals surface area contributed by atoms with Gasteiger partial charge in [0.2, 0.25) is 0 Å². The lowest BCUT2D eigenvalue weighted by Crippen LogP contribution is -2.28. The van der Waals surface area contributed by atoms with Gasteiger partial charge in [-0.15, -0.1) is 0 Å². The summed E-state index contributed by atoms with van der Waals surface area (Å²) in [5, 5.41) is 2.29. The monoisotopic (exact) mass is 324 g/mol. The van der Waals surface area contributed by atoms with Crippen molar-refractivity contribution in [3.8, 4) is 0 Å². The number of fused-ring (bicyclic) bond motifs is 6. The van der Waals surface area contributed by atoms with Crippen LogP contribution >= 0.6 is 0 Å². The summed E-state index contributed by atoms with van der Waals surface area (Å²) in [5.41, 5.74) is 0. The topological polar surface area (TPSA) is 15.7 Å². The van der Waals surface area contributed by atoms with Crippen molar-refractivity contribution >= 4 is 0 Å². The van der Waals surface area contributed by atoms with Crippen molar-refractivity contribution in [3.63, 3.8) is 0 Å². The van der Waals surface area contributed by atoms with Gasteiger partial charge in [-0.25, -0.2) is 0 Å². The molecule has 0 spiro atoms. The van der Waals surface area contributed by atoms with Crippen molar-refractivity contribution in [2.75, 3.05) is 39.3 Å². The molecule has 136 valence electrons. The van der Waals surface area contributed by atoms with Crippen LogP contribution in [0.2, 0.25) is 0 Å². The fourth-order valence-corrected chi connectivity index (χ4v) is 3.87. The molecular formula is C20H40N2O. The first-order valence-electron chi connectivity index (χ1n) is 10.6. The van der Waals surface area contributed by atoms with Crippen LogP contribution in [0.5, 0.6) is 0 Å². The van der Waals surface area contributed by atoms with Crippen LogP contribution in [0, 0.1) is 0 Å². The maximum absolute atomic E-state index is 6.08. The summed E-state index contributed by atoms with van der Waals surface area (Å²) in [6.07, 6.45) is 19.2. The van der Waals surface area contributed by atoms with Gasteiger partial charge < -0.3 is 4.90 Å². The van der Waals surface area contributed by atoms with Crippen molar-refractivity contribution in [1.29, 1.82) is 0 Å². The highest BCUT2D eigenvalue weighted by Crippen LogP contribution is 2.13. The van der Waals surface area contributed by atoms with E-state index in [9.17, 15) is 0 Å². The smallest absolute Gasteiger partial charge is 0.0685 e. The van der Waals surface area contributed by atoms with Crippen molar-refractivity contribution in [2.45, 2.75) is 89.9 Å². The van der Waals surface area contributed by atoms with Gasteiger partial charge in [-0.05, 0) is 58.2 Å². The fraction of sp³-hybridized carbons (Fsp3) is 1.00. The highest BCUT2D eigenvalue weighted by molar-refractivity contribution is 4.62. The average Bonchev–Trinajstić information content (AvgIpc) is 2.57. The molecule has 2 saturated heterocycles. The maximum Gasteiger partial charge on any atom is 0.0685 e. The first-order chi connectivity index (χ1) is 11.4. The summed E-state index contributed by atoms with van der Waals surface area (Å²) in [7, 11) is 0. The molecule has 3 heteroatoms. The first-order valence-corrected chi connectivity index (χ1v) is 10.6. The van der Waals surface area contributed by atoms with Crippen LogP contribution in [-0.4, -0.2) is 49.3 Å². The Morgan fingerprint density at radius 2 is 0.783 bits per heavy atom. The molecule has 2 atom stereocenters. The molecule has 2 unspecified atom stereocenters. The predicted molar refractivity (Wildman–Crippen MR) is 98.6 cm³/mol. The molecule has 0 amide bonds. The SMILES string of the molecule is C1CCCCN2CCCCCN(CCC1)CCCCCCCO2. The van der Waals surface area contributed by atoms with E-state index >= 15 is 0 Å². The van der Waals surface area contributed by atoms with Crippen molar-refractivity contribution < 1.29 is 4.84 Å². The Balaban J connectivity index is 1.87. The van der Waals surface area contributed by atoms with E-state index < -0.39 is 0 Å². The second-order valence-corrected chi connectivity index (χ2v) is 7.55. The molecule has 3 nitrogen and oxygen atoms in total. The molecule has 0 N–H and O–H groups in total. The fourth-order valence-electron chi connectivity index (χ4n) is 3.87. The Bertz CT molecular complexity index is 226. The van der Waals surface area contributed by atoms with E-state index in [1.165, 1.54) is 110 Å². The third kappa shape index (κ3) is 9.69. The van der Waals surface area contributed by atoms with Gasteiger partial charge >= 0.3 is 0 Å². The number of hydrogen-bond donors (Lipinski definition) is 0. The Morgan fingerprint density at radius 3 is 1.35 bits per heavy atom. The van der Waals surface area contributed by atoms with Gasteiger partial charge in [0.1, 0.15) is 0 Å². The van der Waals surface area contributed by atoms with Crippen LogP contribution in [0.25, 0.3) is 0 Å². The first kappa shape index (κ1) is 19.2. The van der Waals surface area contributed by atoms with Crippen molar-refractivity contribution in [3.05, 3.63) is 0 Å². The van der Waals surface area contributed by atoms with Gasteiger partial charge in [-0.2, -0.15) is 5.06 Å². The molecule has 2 bridgehead atoms. The summed E-state index contributed by atoms with van der Waals surface area (Å²) in [6.45, 7) is 7.22. The van der Waals surface area contributed by atoms with Crippen molar-refractivity contribution in [1.82, 2.24) is 9.96 Å². The van der Waals surface area contributed by atoms with E-state index in [0.29, 0.717) is 0 Å². The van der Waals surface area contributed by atoms with E-state index in [4.69, 9.17) is 4.84 Å². The minimum absolute atomic E-state index is 0.937. The molecule has 2 aliphatic rings.